The van der Waals surface area contributed by atoms with Gasteiger partial charge in [0.05, 0.1) is 16.2 Å². The van der Waals surface area contributed by atoms with Crippen molar-refractivity contribution in [3.8, 4) is 5.75 Å². The van der Waals surface area contributed by atoms with E-state index in [4.69, 9.17) is 4.74 Å². The van der Waals surface area contributed by atoms with Gasteiger partial charge in [0.1, 0.15) is 23.2 Å². The fourth-order valence-corrected chi connectivity index (χ4v) is 3.08. The predicted octanol–water partition coefficient (Wildman–Crippen LogP) is 4.21. The summed E-state index contributed by atoms with van der Waals surface area (Å²) >= 11 is 1.46. The molecule has 0 radical (unpaired) electrons. The molecule has 2 aromatic rings. The van der Waals surface area contributed by atoms with E-state index in [0.29, 0.717) is 12.4 Å². The Labute approximate surface area is 128 Å². The van der Waals surface area contributed by atoms with Crippen LogP contribution in [0, 0.1) is 5.82 Å². The van der Waals surface area contributed by atoms with Gasteiger partial charge >= 0.3 is 0 Å². The highest BCUT2D eigenvalue weighted by molar-refractivity contribution is 7.11. The van der Waals surface area contributed by atoms with Crippen LogP contribution in [0.5, 0.6) is 5.75 Å². The molecule has 21 heavy (non-hydrogen) atoms. The summed E-state index contributed by atoms with van der Waals surface area (Å²) in [6, 6.07) is 5.89. The first kappa shape index (κ1) is 15.9. The standard InChI is InChI=1S/C16H20FNO2S/c1-10(2)14-15(16(3,4)19)21-13(18-14)9-20-12-7-5-11(17)6-8-12/h5-8,10,19H,9H2,1-4H3. The summed E-state index contributed by atoms with van der Waals surface area (Å²) in [5.41, 5.74) is -0.00372. The summed E-state index contributed by atoms with van der Waals surface area (Å²) in [5, 5.41) is 11.0. The molecule has 0 saturated carbocycles. The molecule has 0 bridgehead atoms. The second kappa shape index (κ2) is 6.12. The van der Waals surface area contributed by atoms with Gasteiger partial charge in [0.2, 0.25) is 0 Å². The number of benzene rings is 1. The van der Waals surface area contributed by atoms with E-state index < -0.39 is 5.60 Å². The molecule has 114 valence electrons. The lowest BCUT2D eigenvalue weighted by Crippen LogP contribution is -2.16. The van der Waals surface area contributed by atoms with Gasteiger partial charge in [-0.1, -0.05) is 13.8 Å². The lowest BCUT2D eigenvalue weighted by Gasteiger charge is -2.17. The third-order valence-electron chi connectivity index (χ3n) is 2.98. The zero-order valence-corrected chi connectivity index (χ0v) is 13.5. The van der Waals surface area contributed by atoms with Gasteiger partial charge in [-0.05, 0) is 44.0 Å². The third-order valence-corrected chi connectivity index (χ3v) is 4.33. The number of nitrogens with zero attached hydrogens (tertiary/aromatic N) is 1. The Morgan fingerprint density at radius 3 is 2.38 bits per heavy atom. The van der Waals surface area contributed by atoms with E-state index in [-0.39, 0.29) is 11.7 Å². The van der Waals surface area contributed by atoms with Crippen LogP contribution >= 0.6 is 11.3 Å². The number of hydrogen-bond donors (Lipinski definition) is 1. The maximum atomic E-state index is 12.8. The van der Waals surface area contributed by atoms with Crippen LogP contribution < -0.4 is 4.74 Å². The van der Waals surface area contributed by atoms with Gasteiger partial charge in [-0.2, -0.15) is 0 Å². The maximum absolute atomic E-state index is 12.8. The monoisotopic (exact) mass is 309 g/mol. The summed E-state index contributed by atoms with van der Waals surface area (Å²) in [6.45, 7) is 7.93. The minimum Gasteiger partial charge on any atom is -0.486 e. The van der Waals surface area contributed by atoms with Crippen molar-refractivity contribution in [1.82, 2.24) is 4.98 Å². The molecule has 0 fully saturated rings. The van der Waals surface area contributed by atoms with Gasteiger partial charge < -0.3 is 9.84 Å². The molecule has 1 N–H and O–H groups in total. The Bertz CT molecular complexity index is 600. The average molecular weight is 309 g/mol. The molecule has 0 aliphatic carbocycles. The lowest BCUT2D eigenvalue weighted by atomic mass is 10.0. The van der Waals surface area contributed by atoms with E-state index >= 15 is 0 Å². The first-order valence-corrected chi connectivity index (χ1v) is 7.70. The van der Waals surface area contributed by atoms with Crippen molar-refractivity contribution in [3.63, 3.8) is 0 Å². The van der Waals surface area contributed by atoms with Gasteiger partial charge in [-0.15, -0.1) is 11.3 Å². The number of halogens is 1. The van der Waals surface area contributed by atoms with E-state index in [0.717, 1.165) is 15.6 Å². The Balaban J connectivity index is 2.15. The largest absolute Gasteiger partial charge is 0.486 e. The van der Waals surface area contributed by atoms with Crippen molar-refractivity contribution in [2.75, 3.05) is 0 Å². The molecule has 0 spiro atoms. The molecule has 3 nitrogen and oxygen atoms in total. The van der Waals surface area contributed by atoms with Crippen LogP contribution in [0.25, 0.3) is 0 Å². The molecule has 0 unspecified atom stereocenters. The molecule has 0 atom stereocenters. The minimum atomic E-state index is -0.911. The van der Waals surface area contributed by atoms with E-state index in [1.54, 1.807) is 26.0 Å². The van der Waals surface area contributed by atoms with Crippen LogP contribution in [-0.2, 0) is 12.2 Å². The zero-order valence-electron chi connectivity index (χ0n) is 12.7. The second-order valence-electron chi connectivity index (χ2n) is 5.78. The van der Waals surface area contributed by atoms with Crippen LogP contribution in [0.2, 0.25) is 0 Å². The molecule has 0 aliphatic heterocycles. The van der Waals surface area contributed by atoms with Gasteiger partial charge in [0.15, 0.2) is 0 Å². The van der Waals surface area contributed by atoms with Gasteiger partial charge in [-0.25, -0.2) is 9.37 Å². The fourth-order valence-electron chi connectivity index (χ4n) is 1.95. The Morgan fingerprint density at radius 2 is 1.90 bits per heavy atom. The van der Waals surface area contributed by atoms with Crippen LogP contribution in [0.4, 0.5) is 4.39 Å². The molecule has 1 aromatic carbocycles. The number of ether oxygens (including phenoxy) is 1. The maximum Gasteiger partial charge on any atom is 0.140 e. The van der Waals surface area contributed by atoms with Crippen LogP contribution in [0.1, 0.15) is 49.2 Å². The number of aliphatic hydroxyl groups is 1. The van der Waals surface area contributed by atoms with Gasteiger partial charge in [0, 0.05) is 0 Å². The van der Waals surface area contributed by atoms with Crippen molar-refractivity contribution < 1.29 is 14.2 Å². The Hall–Kier alpha value is -1.46. The van der Waals surface area contributed by atoms with Crippen molar-refractivity contribution in [2.45, 2.75) is 45.8 Å². The first-order chi connectivity index (χ1) is 9.77. The highest BCUT2D eigenvalue weighted by atomic mass is 32.1. The zero-order chi connectivity index (χ0) is 15.6. The fraction of sp³-hybridized carbons (Fsp3) is 0.438. The number of thiazole rings is 1. The molecule has 0 saturated heterocycles. The quantitative estimate of drug-likeness (QED) is 0.899. The molecule has 5 heteroatoms. The highest BCUT2D eigenvalue weighted by Crippen LogP contribution is 2.34. The minimum absolute atomic E-state index is 0.238. The van der Waals surface area contributed by atoms with Crippen LogP contribution in [0.15, 0.2) is 24.3 Å². The molecule has 1 aromatic heterocycles. The molecule has 0 amide bonds. The van der Waals surface area contributed by atoms with Crippen molar-refractivity contribution in [2.24, 2.45) is 0 Å². The Kier molecular flexibility index (Phi) is 4.64. The molecule has 1 heterocycles. The summed E-state index contributed by atoms with van der Waals surface area (Å²) in [4.78, 5) is 5.44. The van der Waals surface area contributed by atoms with E-state index in [1.807, 2.05) is 0 Å². The van der Waals surface area contributed by atoms with E-state index in [2.05, 4.69) is 18.8 Å². The molecular weight excluding hydrogens is 289 g/mol. The lowest BCUT2D eigenvalue weighted by molar-refractivity contribution is 0.0811. The topological polar surface area (TPSA) is 42.4 Å². The number of rotatable bonds is 5. The van der Waals surface area contributed by atoms with Crippen molar-refractivity contribution in [3.05, 3.63) is 45.7 Å². The van der Waals surface area contributed by atoms with Gasteiger partial charge in [0.25, 0.3) is 0 Å². The average Bonchev–Trinajstić information content (AvgIpc) is 2.82. The predicted molar refractivity (Wildman–Crippen MR) is 82.2 cm³/mol. The van der Waals surface area contributed by atoms with Crippen LogP contribution in [-0.4, -0.2) is 10.1 Å². The number of aromatic nitrogens is 1. The third kappa shape index (κ3) is 4.02. The summed E-state index contributed by atoms with van der Waals surface area (Å²) < 4.78 is 18.4. The molecule has 2 rings (SSSR count). The van der Waals surface area contributed by atoms with E-state index in [9.17, 15) is 9.50 Å². The van der Waals surface area contributed by atoms with Crippen molar-refractivity contribution in [1.29, 1.82) is 0 Å². The smallest absolute Gasteiger partial charge is 0.140 e. The summed E-state index contributed by atoms with van der Waals surface area (Å²) in [6.07, 6.45) is 0. The molecular formula is C16H20FNO2S. The van der Waals surface area contributed by atoms with E-state index in [1.165, 1.54) is 23.5 Å². The summed E-state index contributed by atoms with van der Waals surface area (Å²) in [5.74, 6) is 0.549. The molecule has 0 aliphatic rings. The van der Waals surface area contributed by atoms with Crippen molar-refractivity contribution >= 4 is 11.3 Å². The number of hydrogen-bond acceptors (Lipinski definition) is 4. The Morgan fingerprint density at radius 1 is 1.29 bits per heavy atom. The van der Waals surface area contributed by atoms with Gasteiger partial charge in [-0.3, -0.25) is 0 Å². The van der Waals surface area contributed by atoms with Crippen LogP contribution in [0.3, 0.4) is 0 Å². The second-order valence-corrected chi connectivity index (χ2v) is 6.86. The highest BCUT2D eigenvalue weighted by Gasteiger charge is 2.26. The summed E-state index contributed by atoms with van der Waals surface area (Å²) in [7, 11) is 0. The SMILES string of the molecule is CC(C)c1nc(COc2ccc(F)cc2)sc1C(C)(C)O. The first-order valence-electron chi connectivity index (χ1n) is 6.88. The normalized spacial score (nSPS) is 12.0.